The maximum atomic E-state index is 13.6. The van der Waals surface area contributed by atoms with Crippen LogP contribution >= 0.6 is 0 Å². The molecule has 228 valence electrons. The Labute approximate surface area is 240 Å². The van der Waals surface area contributed by atoms with Gasteiger partial charge in [-0.25, -0.2) is 4.79 Å². The molecule has 1 aliphatic rings. The fraction of sp³-hybridized carbons (Fsp3) is 0.517. The van der Waals surface area contributed by atoms with Gasteiger partial charge in [-0.05, 0) is 64.8 Å². The van der Waals surface area contributed by atoms with E-state index >= 15 is 0 Å². The van der Waals surface area contributed by atoms with Crippen LogP contribution in [0.5, 0.6) is 0 Å². The van der Waals surface area contributed by atoms with Crippen molar-refractivity contribution >= 4 is 17.6 Å². The number of esters is 1. The lowest BCUT2D eigenvalue weighted by molar-refractivity contribution is -0.140. The summed E-state index contributed by atoms with van der Waals surface area (Å²) in [5, 5.41) is 8.96. The van der Waals surface area contributed by atoms with Crippen LogP contribution in [0, 0.1) is 5.92 Å². The number of nitrogens with zero attached hydrogens (tertiary/aromatic N) is 2. The molecule has 1 aliphatic carbocycles. The van der Waals surface area contributed by atoms with Crippen molar-refractivity contribution in [1.29, 1.82) is 0 Å². The molecule has 5 N–H and O–H groups in total. The van der Waals surface area contributed by atoms with Gasteiger partial charge in [0.05, 0.1) is 23.7 Å². The Morgan fingerprint density at radius 3 is 2.41 bits per heavy atom. The second-order valence-electron chi connectivity index (χ2n) is 10.6. The predicted molar refractivity (Wildman–Crippen MR) is 155 cm³/mol. The number of alkyl halides is 3. The van der Waals surface area contributed by atoms with E-state index in [1.165, 1.54) is 12.1 Å². The standard InChI is InChI=1S/C29H43F3N6O3/c1-19-16-21(10-11-24(19)33)27(35-18-25(39)34-12-13-37(3)4)26(28(40)41-15-14-38(5)6)20(2)36-23-9-7-8-22(17-23)29(30,31)32/h7-11,16-17,19,24,27,35-36H,12-15,18,33H2,1-6H3,(H,34,39)/b26-20+/t19-,24?,27+/m0/s1. The number of hydrogen-bond acceptors (Lipinski definition) is 8. The Kier molecular flexibility index (Phi) is 13.0. The first kappa shape index (κ1) is 34.0. The summed E-state index contributed by atoms with van der Waals surface area (Å²) in [7, 11) is 7.47. The summed E-state index contributed by atoms with van der Waals surface area (Å²) in [6.45, 7) is 5.08. The molecule has 1 unspecified atom stereocenters. The molecule has 12 heteroatoms. The normalized spacial score (nSPS) is 18.6. The van der Waals surface area contributed by atoms with Crippen molar-refractivity contribution in [3.63, 3.8) is 0 Å². The number of nitrogens with two attached hydrogens (primary N) is 1. The lowest BCUT2D eigenvalue weighted by atomic mass is 9.87. The summed E-state index contributed by atoms with van der Waals surface area (Å²) in [5.74, 6) is -0.993. The van der Waals surface area contributed by atoms with Gasteiger partial charge >= 0.3 is 12.1 Å². The molecule has 0 saturated carbocycles. The third-order valence-electron chi connectivity index (χ3n) is 6.46. The highest BCUT2D eigenvalue weighted by Crippen LogP contribution is 2.31. The number of carbonyl (C=O) groups excluding carboxylic acids is 2. The van der Waals surface area contributed by atoms with Crippen LogP contribution in [0.3, 0.4) is 0 Å². The average Bonchev–Trinajstić information content (AvgIpc) is 2.87. The van der Waals surface area contributed by atoms with E-state index in [9.17, 15) is 22.8 Å². The number of ether oxygens (including phenoxy) is 1. The molecule has 0 fully saturated rings. The first-order chi connectivity index (χ1) is 19.2. The molecule has 1 aromatic carbocycles. The molecule has 0 saturated heterocycles. The highest BCUT2D eigenvalue weighted by molar-refractivity contribution is 5.92. The van der Waals surface area contributed by atoms with Crippen LogP contribution in [0.15, 0.2) is 59.3 Å². The molecule has 0 spiro atoms. The van der Waals surface area contributed by atoms with Crippen molar-refractivity contribution in [2.24, 2.45) is 11.7 Å². The van der Waals surface area contributed by atoms with Crippen LogP contribution in [0.25, 0.3) is 0 Å². The third-order valence-corrected chi connectivity index (χ3v) is 6.46. The molecule has 2 rings (SSSR count). The van der Waals surface area contributed by atoms with Crippen molar-refractivity contribution in [1.82, 2.24) is 20.4 Å². The van der Waals surface area contributed by atoms with Gasteiger partial charge in [0, 0.05) is 37.1 Å². The molecular formula is C29H43F3N6O3. The van der Waals surface area contributed by atoms with Crippen molar-refractivity contribution < 1.29 is 27.5 Å². The van der Waals surface area contributed by atoms with Gasteiger partial charge < -0.3 is 30.9 Å². The van der Waals surface area contributed by atoms with E-state index in [1.54, 1.807) is 13.0 Å². The number of allylic oxidation sites excluding steroid dienone is 1. The summed E-state index contributed by atoms with van der Waals surface area (Å²) in [6.07, 6.45) is 0.990. The van der Waals surface area contributed by atoms with Crippen LogP contribution in [-0.2, 0) is 20.5 Å². The Bertz CT molecular complexity index is 1130. The van der Waals surface area contributed by atoms with E-state index < -0.39 is 23.8 Å². The minimum absolute atomic E-state index is 0.0593. The van der Waals surface area contributed by atoms with Gasteiger partial charge in [-0.15, -0.1) is 0 Å². The number of halogens is 3. The molecule has 0 bridgehead atoms. The summed E-state index contributed by atoms with van der Waals surface area (Å²) in [6, 6.07) is 3.68. The first-order valence-electron chi connectivity index (χ1n) is 13.5. The molecule has 0 heterocycles. The second-order valence-corrected chi connectivity index (χ2v) is 10.6. The van der Waals surface area contributed by atoms with Crippen molar-refractivity contribution in [3.8, 4) is 0 Å². The summed E-state index contributed by atoms with van der Waals surface area (Å²) < 4.78 is 45.6. The van der Waals surface area contributed by atoms with E-state index in [0.717, 1.165) is 12.1 Å². The van der Waals surface area contributed by atoms with Gasteiger partial charge in [0.25, 0.3) is 0 Å². The van der Waals surface area contributed by atoms with Gasteiger partial charge in [0.2, 0.25) is 5.91 Å². The van der Waals surface area contributed by atoms with Crippen molar-refractivity contribution in [2.45, 2.75) is 32.1 Å². The molecule has 1 amide bonds. The lowest BCUT2D eigenvalue weighted by Crippen LogP contribution is -2.45. The maximum Gasteiger partial charge on any atom is 0.416 e. The highest BCUT2D eigenvalue weighted by atomic mass is 19.4. The predicted octanol–water partition coefficient (Wildman–Crippen LogP) is 2.59. The SMILES string of the molecule is C/C(Nc1cccc(C(F)(F)F)c1)=C(\C(=O)OCCN(C)C)[C@H](NCC(=O)NCCN(C)C)C1=C[C@H](C)C(N)C=C1. The Morgan fingerprint density at radius 1 is 1.12 bits per heavy atom. The van der Waals surface area contributed by atoms with E-state index in [2.05, 4.69) is 16.0 Å². The van der Waals surface area contributed by atoms with Crippen LogP contribution in [0.1, 0.15) is 19.4 Å². The first-order valence-corrected chi connectivity index (χ1v) is 13.5. The van der Waals surface area contributed by atoms with E-state index in [-0.39, 0.29) is 48.0 Å². The molecule has 1 aromatic rings. The van der Waals surface area contributed by atoms with E-state index in [4.69, 9.17) is 10.5 Å². The zero-order valence-electron chi connectivity index (χ0n) is 24.6. The molecule has 9 nitrogen and oxygen atoms in total. The second kappa shape index (κ2) is 15.7. The maximum absolute atomic E-state index is 13.6. The van der Waals surface area contributed by atoms with Gasteiger partial charge in [0.1, 0.15) is 6.61 Å². The fourth-order valence-electron chi connectivity index (χ4n) is 4.07. The van der Waals surface area contributed by atoms with Crippen LogP contribution in [0.2, 0.25) is 0 Å². The molecule has 0 radical (unpaired) electrons. The van der Waals surface area contributed by atoms with Crippen molar-refractivity contribution in [2.75, 3.05) is 66.3 Å². The Morgan fingerprint density at radius 2 is 1.80 bits per heavy atom. The van der Waals surface area contributed by atoms with Crippen LogP contribution < -0.4 is 21.7 Å². The number of hydrogen-bond donors (Lipinski definition) is 4. The topological polar surface area (TPSA) is 112 Å². The molecule has 3 atom stereocenters. The van der Waals surface area contributed by atoms with Gasteiger partial charge in [-0.1, -0.05) is 31.2 Å². The van der Waals surface area contributed by atoms with Gasteiger partial charge in [-0.3, -0.25) is 10.1 Å². The zero-order chi connectivity index (χ0) is 30.7. The van der Waals surface area contributed by atoms with Crippen LogP contribution in [0.4, 0.5) is 18.9 Å². The monoisotopic (exact) mass is 580 g/mol. The molecule has 41 heavy (non-hydrogen) atoms. The average molecular weight is 581 g/mol. The van der Waals surface area contributed by atoms with Crippen LogP contribution in [-0.4, -0.2) is 94.7 Å². The smallest absolute Gasteiger partial charge is 0.416 e. The number of benzene rings is 1. The number of carbonyl (C=O) groups is 2. The zero-order valence-corrected chi connectivity index (χ0v) is 24.6. The largest absolute Gasteiger partial charge is 0.461 e. The summed E-state index contributed by atoms with van der Waals surface area (Å²) >= 11 is 0. The number of likely N-dealkylation sites (N-methyl/N-ethyl adjacent to an activating group) is 2. The Balaban J connectivity index is 2.49. The highest BCUT2D eigenvalue weighted by Gasteiger charge is 2.32. The molecule has 0 aromatic heterocycles. The molecular weight excluding hydrogens is 537 g/mol. The quantitative estimate of drug-likeness (QED) is 0.196. The minimum Gasteiger partial charge on any atom is -0.461 e. The number of rotatable bonds is 14. The number of nitrogens with one attached hydrogen (secondary N) is 3. The lowest BCUT2D eigenvalue weighted by Gasteiger charge is -2.28. The molecule has 0 aliphatic heterocycles. The summed E-state index contributed by atoms with van der Waals surface area (Å²) in [4.78, 5) is 30.0. The minimum atomic E-state index is -4.53. The Hall–Kier alpha value is -3.19. The third kappa shape index (κ3) is 11.3. The van der Waals surface area contributed by atoms with Gasteiger partial charge in [-0.2, -0.15) is 13.2 Å². The van der Waals surface area contributed by atoms with Gasteiger partial charge in [0.15, 0.2) is 0 Å². The summed E-state index contributed by atoms with van der Waals surface area (Å²) in [5.41, 5.74) is 6.58. The van der Waals surface area contributed by atoms with E-state index in [0.29, 0.717) is 25.2 Å². The van der Waals surface area contributed by atoms with Crippen molar-refractivity contribution in [3.05, 3.63) is 64.9 Å². The number of anilines is 1. The van der Waals surface area contributed by atoms with E-state index in [1.807, 2.05) is 57.1 Å². The number of amides is 1. The fourth-order valence-corrected chi connectivity index (χ4v) is 4.07.